The van der Waals surface area contributed by atoms with E-state index in [1.165, 1.54) is 0 Å². The summed E-state index contributed by atoms with van der Waals surface area (Å²) >= 11 is 5.94. The monoisotopic (exact) mass is 269 g/mol. The van der Waals surface area contributed by atoms with Gasteiger partial charge >= 0.3 is 0 Å². The highest BCUT2D eigenvalue weighted by Crippen LogP contribution is 2.31. The summed E-state index contributed by atoms with van der Waals surface area (Å²) in [5.41, 5.74) is 1.40. The number of nitrogens with zero attached hydrogens (tertiary/aromatic N) is 3. The van der Waals surface area contributed by atoms with Gasteiger partial charge < -0.3 is 19.5 Å². The highest BCUT2D eigenvalue weighted by atomic mass is 35.5. The van der Waals surface area contributed by atoms with Crippen LogP contribution in [0.2, 0.25) is 5.15 Å². The predicted molar refractivity (Wildman–Crippen MR) is 64.2 cm³/mol. The minimum atomic E-state index is -0.672. The first-order valence-electron chi connectivity index (χ1n) is 5.62. The van der Waals surface area contributed by atoms with E-state index in [1.807, 2.05) is 0 Å². The Bertz CT molecular complexity index is 574. The number of fused-ring (bicyclic) bond motifs is 1. The van der Waals surface area contributed by atoms with Crippen LogP contribution in [0.1, 0.15) is 12.6 Å². The van der Waals surface area contributed by atoms with Crippen molar-refractivity contribution >= 4 is 22.6 Å². The Morgan fingerprint density at radius 1 is 1.50 bits per heavy atom. The fourth-order valence-corrected chi connectivity index (χ4v) is 2.41. The van der Waals surface area contributed by atoms with Crippen LogP contribution in [-0.4, -0.2) is 43.6 Å². The van der Waals surface area contributed by atoms with Gasteiger partial charge in [-0.3, -0.25) is 0 Å². The van der Waals surface area contributed by atoms with Crippen LogP contribution >= 0.6 is 11.6 Å². The zero-order valence-corrected chi connectivity index (χ0v) is 10.2. The quantitative estimate of drug-likeness (QED) is 0.786. The maximum Gasteiger partial charge on any atom is 0.156 e. The summed E-state index contributed by atoms with van der Waals surface area (Å²) in [4.78, 5) is 8.14. The molecule has 0 unspecified atom stereocenters. The minimum Gasteiger partial charge on any atom is -0.394 e. The molecule has 3 rings (SSSR count). The largest absolute Gasteiger partial charge is 0.394 e. The van der Waals surface area contributed by atoms with E-state index in [0.29, 0.717) is 17.1 Å². The van der Waals surface area contributed by atoms with E-state index in [4.69, 9.17) is 21.4 Å². The smallest absolute Gasteiger partial charge is 0.156 e. The normalized spacial score (nSPS) is 28.1. The summed E-state index contributed by atoms with van der Waals surface area (Å²) in [6.07, 6.45) is 2.05. The molecule has 3 heterocycles. The number of aliphatic hydroxyl groups excluding tert-OH is 2. The zero-order valence-electron chi connectivity index (χ0n) is 9.40. The molecule has 2 N–H and O–H groups in total. The third-order valence-corrected chi connectivity index (χ3v) is 3.42. The molecule has 0 bridgehead atoms. The third kappa shape index (κ3) is 1.78. The van der Waals surface area contributed by atoms with Crippen LogP contribution in [0.15, 0.2) is 18.6 Å². The average molecular weight is 270 g/mol. The second-order valence-electron chi connectivity index (χ2n) is 4.24. The van der Waals surface area contributed by atoms with Gasteiger partial charge in [-0.2, -0.15) is 0 Å². The van der Waals surface area contributed by atoms with Gasteiger partial charge in [0.05, 0.1) is 24.6 Å². The molecule has 0 aromatic carbocycles. The molecular weight excluding hydrogens is 258 g/mol. The van der Waals surface area contributed by atoms with E-state index in [-0.39, 0.29) is 12.8 Å². The number of pyridine rings is 1. The van der Waals surface area contributed by atoms with Gasteiger partial charge in [0.1, 0.15) is 17.8 Å². The molecule has 0 saturated carbocycles. The van der Waals surface area contributed by atoms with Crippen LogP contribution in [0.3, 0.4) is 0 Å². The maximum atomic E-state index is 9.73. The SMILES string of the molecule is OC[C@H]1O[C@@H](n2cnc3c(Cl)nccc32)C[C@H]1O. The number of hydrogen-bond donors (Lipinski definition) is 2. The van der Waals surface area contributed by atoms with Crippen molar-refractivity contribution in [2.75, 3.05) is 6.61 Å². The molecule has 18 heavy (non-hydrogen) atoms. The fourth-order valence-electron chi connectivity index (χ4n) is 2.21. The first-order chi connectivity index (χ1) is 8.70. The molecule has 1 saturated heterocycles. The Balaban J connectivity index is 1.99. The molecule has 2 aromatic heterocycles. The van der Waals surface area contributed by atoms with E-state index < -0.39 is 12.2 Å². The first kappa shape index (κ1) is 11.9. The van der Waals surface area contributed by atoms with Crippen LogP contribution in [0, 0.1) is 0 Å². The minimum absolute atomic E-state index is 0.202. The second-order valence-corrected chi connectivity index (χ2v) is 4.59. The van der Waals surface area contributed by atoms with Crippen molar-refractivity contribution in [3.8, 4) is 0 Å². The van der Waals surface area contributed by atoms with Gasteiger partial charge in [0.25, 0.3) is 0 Å². The second kappa shape index (κ2) is 4.47. The van der Waals surface area contributed by atoms with Crippen molar-refractivity contribution in [3.05, 3.63) is 23.7 Å². The Morgan fingerprint density at radius 2 is 2.33 bits per heavy atom. The molecule has 1 aliphatic heterocycles. The lowest BCUT2D eigenvalue weighted by atomic mass is 10.2. The summed E-state index contributed by atoms with van der Waals surface area (Å²) in [5, 5.41) is 19.1. The lowest BCUT2D eigenvalue weighted by Crippen LogP contribution is -2.24. The number of hydrogen-bond acceptors (Lipinski definition) is 5. The lowest BCUT2D eigenvalue weighted by molar-refractivity contribution is -0.0430. The van der Waals surface area contributed by atoms with E-state index in [9.17, 15) is 5.11 Å². The Kier molecular flexibility index (Phi) is 2.95. The Morgan fingerprint density at radius 3 is 3.06 bits per heavy atom. The lowest BCUT2D eigenvalue weighted by Gasteiger charge is -2.13. The standard InChI is InChI=1S/C11H12ClN3O3/c12-11-10-6(1-2-13-11)15(5-14-10)9-3-7(17)8(4-16)18-9/h1-2,5,7-9,16-17H,3-4H2/t7-,8-,9-/m1/s1. The highest BCUT2D eigenvalue weighted by molar-refractivity contribution is 6.33. The molecule has 3 atom stereocenters. The van der Waals surface area contributed by atoms with Crippen molar-refractivity contribution in [3.63, 3.8) is 0 Å². The molecule has 1 aliphatic rings. The Hall–Kier alpha value is -1.21. The molecule has 0 spiro atoms. The summed E-state index contributed by atoms with van der Waals surface area (Å²) in [5.74, 6) is 0. The van der Waals surface area contributed by atoms with Crippen molar-refractivity contribution in [2.45, 2.75) is 24.9 Å². The molecule has 0 radical (unpaired) electrons. The summed E-state index contributed by atoms with van der Waals surface area (Å²) in [6.45, 7) is -0.202. The number of aromatic nitrogens is 3. The first-order valence-corrected chi connectivity index (χ1v) is 6.00. The highest BCUT2D eigenvalue weighted by Gasteiger charge is 2.35. The van der Waals surface area contributed by atoms with E-state index in [1.54, 1.807) is 23.2 Å². The molecule has 96 valence electrons. The average Bonchev–Trinajstić information content (AvgIpc) is 2.93. The van der Waals surface area contributed by atoms with Gasteiger partial charge in [-0.25, -0.2) is 9.97 Å². The summed E-state index contributed by atoms with van der Waals surface area (Å²) < 4.78 is 7.37. The predicted octanol–water partition coefficient (Wildman–Crippen LogP) is 0.725. The van der Waals surface area contributed by atoms with Crippen LogP contribution in [0.4, 0.5) is 0 Å². The number of imidazole rings is 1. The van der Waals surface area contributed by atoms with Gasteiger partial charge in [0.15, 0.2) is 5.15 Å². The van der Waals surface area contributed by atoms with Gasteiger partial charge in [-0.1, -0.05) is 11.6 Å². The Labute approximate surface area is 108 Å². The van der Waals surface area contributed by atoms with Gasteiger partial charge in [-0.05, 0) is 6.07 Å². The van der Waals surface area contributed by atoms with Crippen LogP contribution in [-0.2, 0) is 4.74 Å². The number of rotatable bonds is 2. The molecule has 6 nitrogen and oxygen atoms in total. The fraction of sp³-hybridized carbons (Fsp3) is 0.455. The van der Waals surface area contributed by atoms with Crippen molar-refractivity contribution in [1.29, 1.82) is 0 Å². The maximum absolute atomic E-state index is 9.73. The molecular formula is C11H12ClN3O3. The number of ether oxygens (including phenoxy) is 1. The van der Waals surface area contributed by atoms with Crippen molar-refractivity contribution in [2.24, 2.45) is 0 Å². The van der Waals surface area contributed by atoms with Crippen LogP contribution in [0.5, 0.6) is 0 Å². The molecule has 0 amide bonds. The number of halogens is 1. The topological polar surface area (TPSA) is 80.4 Å². The van der Waals surface area contributed by atoms with Gasteiger partial charge in [0, 0.05) is 12.6 Å². The van der Waals surface area contributed by atoms with E-state index >= 15 is 0 Å². The summed E-state index contributed by atoms with van der Waals surface area (Å²) in [7, 11) is 0. The van der Waals surface area contributed by atoms with Crippen molar-refractivity contribution < 1.29 is 14.9 Å². The molecule has 2 aromatic rings. The third-order valence-electron chi connectivity index (χ3n) is 3.14. The van der Waals surface area contributed by atoms with Crippen LogP contribution < -0.4 is 0 Å². The zero-order chi connectivity index (χ0) is 12.7. The number of aliphatic hydroxyl groups is 2. The van der Waals surface area contributed by atoms with E-state index in [0.717, 1.165) is 5.52 Å². The van der Waals surface area contributed by atoms with Gasteiger partial charge in [0.2, 0.25) is 0 Å². The van der Waals surface area contributed by atoms with Crippen LogP contribution in [0.25, 0.3) is 11.0 Å². The van der Waals surface area contributed by atoms with E-state index in [2.05, 4.69) is 9.97 Å². The van der Waals surface area contributed by atoms with Crippen molar-refractivity contribution in [1.82, 2.24) is 14.5 Å². The van der Waals surface area contributed by atoms with Gasteiger partial charge in [-0.15, -0.1) is 0 Å². The summed E-state index contributed by atoms with van der Waals surface area (Å²) in [6, 6.07) is 1.79. The molecule has 0 aliphatic carbocycles. The molecule has 1 fully saturated rings. The molecule has 7 heteroatoms.